The van der Waals surface area contributed by atoms with E-state index in [4.69, 9.17) is 4.52 Å². The number of thiophene rings is 2. The van der Waals surface area contributed by atoms with Crippen molar-refractivity contribution in [2.24, 2.45) is 0 Å². The summed E-state index contributed by atoms with van der Waals surface area (Å²) in [4.78, 5) is 19.4. The first kappa shape index (κ1) is 14.3. The van der Waals surface area contributed by atoms with Gasteiger partial charge in [-0.05, 0) is 29.0 Å². The number of carbonyl (C=O) groups is 1. The van der Waals surface area contributed by atoms with Gasteiger partial charge in [-0.1, -0.05) is 11.2 Å². The highest BCUT2D eigenvalue weighted by Crippen LogP contribution is 2.28. The fourth-order valence-electron chi connectivity index (χ4n) is 2.37. The van der Waals surface area contributed by atoms with E-state index in [1.165, 1.54) is 0 Å². The Labute approximate surface area is 140 Å². The van der Waals surface area contributed by atoms with Crippen molar-refractivity contribution in [3.63, 3.8) is 0 Å². The summed E-state index contributed by atoms with van der Waals surface area (Å²) in [7, 11) is 0. The molecular formula is C16H13N3O2S2. The van der Waals surface area contributed by atoms with Crippen LogP contribution in [0, 0.1) is 0 Å². The first-order chi connectivity index (χ1) is 11.3. The number of hydrogen-bond donors (Lipinski definition) is 0. The normalized spacial score (nSPS) is 15.2. The number of carbonyl (C=O) groups excluding carboxylic acids is 1. The lowest BCUT2D eigenvalue weighted by Gasteiger charge is -2.36. The summed E-state index contributed by atoms with van der Waals surface area (Å²) in [5, 5.41) is 9.96. The maximum absolute atomic E-state index is 12.1. The summed E-state index contributed by atoms with van der Waals surface area (Å²) >= 11 is 3.21. The highest BCUT2D eigenvalue weighted by atomic mass is 32.1. The molecule has 0 radical (unpaired) electrons. The molecule has 4 heterocycles. The molecule has 0 spiro atoms. The Kier molecular flexibility index (Phi) is 3.80. The highest BCUT2D eigenvalue weighted by Gasteiger charge is 2.34. The second kappa shape index (κ2) is 6.10. The molecule has 0 aromatic carbocycles. The van der Waals surface area contributed by atoms with Gasteiger partial charge in [-0.15, -0.1) is 11.3 Å². The van der Waals surface area contributed by atoms with Gasteiger partial charge in [0.1, 0.15) is 0 Å². The predicted octanol–water partition coefficient (Wildman–Crippen LogP) is 3.50. The van der Waals surface area contributed by atoms with Crippen LogP contribution in [0.3, 0.4) is 0 Å². The summed E-state index contributed by atoms with van der Waals surface area (Å²) in [6.45, 7) is 1.25. The third kappa shape index (κ3) is 2.97. The van der Waals surface area contributed by atoms with Crippen LogP contribution < -0.4 is 0 Å². The molecule has 0 atom stereocenters. The first-order valence-corrected chi connectivity index (χ1v) is 8.98. The van der Waals surface area contributed by atoms with Crippen molar-refractivity contribution in [1.82, 2.24) is 15.0 Å². The first-order valence-electron chi connectivity index (χ1n) is 7.16. The molecule has 4 rings (SSSR count). The molecular weight excluding hydrogens is 330 g/mol. The van der Waals surface area contributed by atoms with Crippen molar-refractivity contribution in [1.29, 1.82) is 0 Å². The van der Waals surface area contributed by atoms with Gasteiger partial charge in [0.05, 0.1) is 5.92 Å². The number of amides is 1. The van der Waals surface area contributed by atoms with E-state index < -0.39 is 0 Å². The summed E-state index contributed by atoms with van der Waals surface area (Å²) in [6.07, 6.45) is 3.47. The van der Waals surface area contributed by atoms with Gasteiger partial charge >= 0.3 is 0 Å². The predicted molar refractivity (Wildman–Crippen MR) is 90.3 cm³/mol. The third-order valence-electron chi connectivity index (χ3n) is 3.70. The van der Waals surface area contributed by atoms with Gasteiger partial charge in [0, 0.05) is 35.0 Å². The quantitative estimate of drug-likeness (QED) is 0.680. The van der Waals surface area contributed by atoms with Crippen molar-refractivity contribution in [3.05, 3.63) is 51.2 Å². The highest BCUT2D eigenvalue weighted by molar-refractivity contribution is 7.10. The standard InChI is InChI=1S/C16H13N3O2S2/c20-14(4-3-13-2-1-6-23-13)19-8-12(9-19)16-17-15(18-21-16)11-5-7-22-10-11/h1-7,10,12H,8-9H2/b4-3+. The molecule has 116 valence electrons. The number of hydrogen-bond acceptors (Lipinski definition) is 6. The molecule has 0 unspecified atom stereocenters. The molecule has 3 aromatic heterocycles. The second-order valence-corrected chi connectivity index (χ2v) is 7.02. The average molecular weight is 343 g/mol. The van der Waals surface area contributed by atoms with Gasteiger partial charge < -0.3 is 9.42 Å². The summed E-state index contributed by atoms with van der Waals surface area (Å²) in [5.41, 5.74) is 0.969. The third-order valence-corrected chi connectivity index (χ3v) is 5.22. The van der Waals surface area contributed by atoms with E-state index in [1.54, 1.807) is 33.6 Å². The van der Waals surface area contributed by atoms with E-state index in [9.17, 15) is 4.79 Å². The molecule has 1 amide bonds. The SMILES string of the molecule is O=C(/C=C/c1cccs1)N1CC(c2nc(-c3ccsc3)no2)C1. The fourth-order valence-corrected chi connectivity index (χ4v) is 3.62. The monoisotopic (exact) mass is 343 g/mol. The Bertz CT molecular complexity index is 816. The van der Waals surface area contributed by atoms with Crippen LogP contribution in [-0.2, 0) is 4.79 Å². The Hall–Kier alpha value is -2.25. The van der Waals surface area contributed by atoms with E-state index in [1.807, 2.05) is 40.4 Å². The molecule has 0 aliphatic carbocycles. The van der Waals surface area contributed by atoms with Crippen molar-refractivity contribution >= 4 is 34.7 Å². The molecule has 3 aromatic rings. The average Bonchev–Trinajstić information content (AvgIpc) is 3.24. The maximum atomic E-state index is 12.1. The minimum absolute atomic E-state index is 0.0206. The Balaban J connectivity index is 1.35. The van der Waals surface area contributed by atoms with E-state index >= 15 is 0 Å². The molecule has 7 heteroatoms. The van der Waals surface area contributed by atoms with Gasteiger partial charge in [-0.2, -0.15) is 16.3 Å². The summed E-state index contributed by atoms with van der Waals surface area (Å²) in [5.74, 6) is 1.38. The number of likely N-dealkylation sites (tertiary alicyclic amines) is 1. The zero-order valence-corrected chi connectivity index (χ0v) is 13.7. The van der Waals surface area contributed by atoms with Gasteiger partial charge in [0.25, 0.3) is 0 Å². The zero-order chi connectivity index (χ0) is 15.6. The zero-order valence-electron chi connectivity index (χ0n) is 12.1. The van der Waals surface area contributed by atoms with Crippen LogP contribution in [0.5, 0.6) is 0 Å². The van der Waals surface area contributed by atoms with Crippen LogP contribution in [0.15, 0.2) is 44.9 Å². The smallest absolute Gasteiger partial charge is 0.246 e. The topological polar surface area (TPSA) is 59.2 Å². The van der Waals surface area contributed by atoms with E-state index in [2.05, 4.69) is 10.1 Å². The van der Waals surface area contributed by atoms with Gasteiger partial charge in [0.2, 0.25) is 17.6 Å². The van der Waals surface area contributed by atoms with Gasteiger partial charge in [-0.3, -0.25) is 4.79 Å². The van der Waals surface area contributed by atoms with Crippen molar-refractivity contribution in [3.8, 4) is 11.4 Å². The van der Waals surface area contributed by atoms with Crippen LogP contribution in [0.25, 0.3) is 17.5 Å². The van der Waals surface area contributed by atoms with Gasteiger partial charge in [-0.25, -0.2) is 0 Å². The van der Waals surface area contributed by atoms with Crippen molar-refractivity contribution < 1.29 is 9.32 Å². The van der Waals surface area contributed by atoms with Crippen LogP contribution in [0.4, 0.5) is 0 Å². The largest absolute Gasteiger partial charge is 0.339 e. The fraction of sp³-hybridized carbons (Fsp3) is 0.188. The Morgan fingerprint density at radius 2 is 2.26 bits per heavy atom. The summed E-state index contributed by atoms with van der Waals surface area (Å²) < 4.78 is 5.33. The molecule has 1 aliphatic heterocycles. The minimum Gasteiger partial charge on any atom is -0.339 e. The van der Waals surface area contributed by atoms with E-state index in [0.717, 1.165) is 10.4 Å². The van der Waals surface area contributed by atoms with Crippen LogP contribution >= 0.6 is 22.7 Å². The van der Waals surface area contributed by atoms with Gasteiger partial charge in [0.15, 0.2) is 0 Å². The Morgan fingerprint density at radius 1 is 1.35 bits per heavy atom. The molecule has 1 aliphatic rings. The lowest BCUT2D eigenvalue weighted by atomic mass is 10.00. The lowest BCUT2D eigenvalue weighted by Crippen LogP contribution is -2.47. The number of rotatable bonds is 4. The number of nitrogens with zero attached hydrogens (tertiary/aromatic N) is 3. The number of aromatic nitrogens is 2. The molecule has 23 heavy (non-hydrogen) atoms. The van der Waals surface area contributed by atoms with Crippen LogP contribution in [0.2, 0.25) is 0 Å². The molecule has 1 fully saturated rings. The van der Waals surface area contributed by atoms with E-state index in [-0.39, 0.29) is 11.8 Å². The van der Waals surface area contributed by atoms with Crippen LogP contribution in [-0.4, -0.2) is 34.0 Å². The maximum Gasteiger partial charge on any atom is 0.246 e. The molecule has 0 bridgehead atoms. The van der Waals surface area contributed by atoms with Crippen molar-refractivity contribution in [2.75, 3.05) is 13.1 Å². The lowest BCUT2D eigenvalue weighted by molar-refractivity contribution is -0.130. The molecule has 0 N–H and O–H groups in total. The van der Waals surface area contributed by atoms with Crippen LogP contribution in [0.1, 0.15) is 16.7 Å². The van der Waals surface area contributed by atoms with Crippen molar-refractivity contribution in [2.45, 2.75) is 5.92 Å². The molecule has 0 saturated carbocycles. The van der Waals surface area contributed by atoms with E-state index in [0.29, 0.717) is 24.8 Å². The molecule has 5 nitrogen and oxygen atoms in total. The minimum atomic E-state index is 0.0206. The summed E-state index contributed by atoms with van der Waals surface area (Å²) in [6, 6.07) is 5.91. The Morgan fingerprint density at radius 3 is 3.00 bits per heavy atom. The second-order valence-electron chi connectivity index (χ2n) is 5.26. The molecule has 1 saturated heterocycles.